The molecule has 2 aliphatic heterocycles. The maximum atomic E-state index is 15.4. The molecule has 364 valence electrons. The third-order valence-electron chi connectivity index (χ3n) is 12.8. The van der Waals surface area contributed by atoms with Crippen molar-refractivity contribution in [3.8, 4) is 34.0 Å². The molecule has 1 aliphatic carbocycles. The molecule has 10 rings (SSSR count). The lowest BCUT2D eigenvalue weighted by molar-refractivity contribution is 0.0301. The highest BCUT2D eigenvalue weighted by Gasteiger charge is 2.27. The summed E-state index contributed by atoms with van der Waals surface area (Å²) in [7, 11) is 0. The first kappa shape index (κ1) is 47.1. The number of aliphatic hydroxyl groups excluding tert-OH is 2. The molecule has 2 atom stereocenters. The number of hydrogen-bond donors (Lipinski definition) is 4. The summed E-state index contributed by atoms with van der Waals surface area (Å²) in [6.07, 6.45) is 5.76. The van der Waals surface area contributed by atoms with Gasteiger partial charge in [0.2, 0.25) is 5.95 Å². The molecule has 0 radical (unpaired) electrons. The van der Waals surface area contributed by atoms with Crippen LogP contribution in [0.25, 0.3) is 39.1 Å². The molecule has 2 saturated heterocycles. The maximum Gasteiger partial charge on any atom is 0.254 e. The lowest BCUT2D eigenvalue weighted by Crippen LogP contribution is -2.40. The fourth-order valence-corrected chi connectivity index (χ4v) is 8.73. The number of carbonyl (C=O) groups excluding carboxylic acids is 2. The van der Waals surface area contributed by atoms with Crippen LogP contribution in [0, 0.1) is 17.0 Å². The van der Waals surface area contributed by atoms with E-state index in [-0.39, 0.29) is 65.1 Å². The molecule has 3 fully saturated rings. The second-order valence-corrected chi connectivity index (χ2v) is 17.7. The quantitative estimate of drug-likeness (QED) is 0.0761. The second-order valence-electron chi connectivity index (χ2n) is 17.7. The first-order chi connectivity index (χ1) is 34.5. The van der Waals surface area contributed by atoms with Crippen molar-refractivity contribution in [1.82, 2.24) is 39.5 Å². The Labute approximate surface area is 406 Å². The lowest BCUT2D eigenvalue weighted by atomic mass is 9.99. The van der Waals surface area contributed by atoms with Gasteiger partial charge in [-0.25, -0.2) is 28.7 Å². The Morgan fingerprint density at radius 1 is 0.775 bits per heavy atom. The zero-order valence-electron chi connectivity index (χ0n) is 38.7. The van der Waals surface area contributed by atoms with Crippen molar-refractivity contribution in [3.63, 3.8) is 0 Å². The van der Waals surface area contributed by atoms with Crippen molar-refractivity contribution >= 4 is 40.1 Å². The van der Waals surface area contributed by atoms with Gasteiger partial charge in [0.05, 0.1) is 67.9 Å². The van der Waals surface area contributed by atoms with Crippen LogP contribution >= 0.6 is 0 Å². The van der Waals surface area contributed by atoms with Gasteiger partial charge >= 0.3 is 0 Å². The summed E-state index contributed by atoms with van der Waals surface area (Å²) in [6, 6.07) is 19.2. The number of benzene rings is 4. The summed E-state index contributed by atoms with van der Waals surface area (Å²) < 4.78 is 48.6. The molecule has 17 nitrogen and oxygen atoms in total. The molecule has 4 aromatic carbocycles. The molecule has 2 amide bonds. The zero-order valence-corrected chi connectivity index (χ0v) is 38.7. The average molecular weight is 965 g/mol. The Hall–Kier alpha value is -7.58. The SMILES string of the molecule is CC(O)c1nn(-c2ncc(-c3cc(OCCC(O)C(=N)c4ccc(C(=O)N5CCOCC5)cc4Nc4ncc(-c5cc(C6CC6)ccc5F)cn4)ccc3F)cn2)c2cc(C(=O)N3CCOCC3)ccc12. The minimum atomic E-state index is -1.33. The lowest BCUT2D eigenvalue weighted by Gasteiger charge is -2.27. The summed E-state index contributed by atoms with van der Waals surface area (Å²) in [4.78, 5) is 48.2. The highest BCUT2D eigenvalue weighted by molar-refractivity contribution is 6.07. The van der Waals surface area contributed by atoms with Gasteiger partial charge < -0.3 is 44.9 Å². The maximum absolute atomic E-state index is 15.4. The second kappa shape index (κ2) is 20.4. The fourth-order valence-electron chi connectivity index (χ4n) is 8.73. The van der Waals surface area contributed by atoms with E-state index in [2.05, 4.69) is 30.4 Å². The van der Waals surface area contributed by atoms with Gasteiger partial charge in [-0.3, -0.25) is 9.59 Å². The Morgan fingerprint density at radius 2 is 1.37 bits per heavy atom. The summed E-state index contributed by atoms with van der Waals surface area (Å²) in [6.45, 7) is 5.07. The van der Waals surface area contributed by atoms with E-state index < -0.39 is 18.0 Å². The van der Waals surface area contributed by atoms with Crippen LogP contribution in [0.3, 0.4) is 0 Å². The van der Waals surface area contributed by atoms with Crippen LogP contribution in [0.5, 0.6) is 5.75 Å². The number of nitrogens with zero attached hydrogens (tertiary/aromatic N) is 8. The van der Waals surface area contributed by atoms with Crippen molar-refractivity contribution in [2.75, 3.05) is 64.5 Å². The van der Waals surface area contributed by atoms with Crippen LogP contribution in [-0.2, 0) is 9.47 Å². The highest BCUT2D eigenvalue weighted by Crippen LogP contribution is 2.41. The number of fused-ring (bicyclic) bond motifs is 1. The highest BCUT2D eigenvalue weighted by atomic mass is 19.1. The van der Waals surface area contributed by atoms with Crippen LogP contribution in [0.15, 0.2) is 97.6 Å². The molecule has 71 heavy (non-hydrogen) atoms. The van der Waals surface area contributed by atoms with Crippen molar-refractivity contribution in [2.24, 2.45) is 0 Å². The normalized spacial score (nSPS) is 15.9. The van der Waals surface area contributed by atoms with E-state index in [0.29, 0.717) is 109 Å². The minimum Gasteiger partial charge on any atom is -0.493 e. The van der Waals surface area contributed by atoms with Gasteiger partial charge in [-0.05, 0) is 85.8 Å². The van der Waals surface area contributed by atoms with E-state index in [1.165, 1.54) is 53.7 Å². The van der Waals surface area contributed by atoms with Gasteiger partial charge in [-0.15, -0.1) is 0 Å². The van der Waals surface area contributed by atoms with Gasteiger partial charge in [0.1, 0.15) is 17.4 Å². The number of amides is 2. The van der Waals surface area contributed by atoms with E-state index in [1.54, 1.807) is 53.1 Å². The molecule has 0 bridgehead atoms. The number of aliphatic hydroxyl groups is 2. The Bertz CT molecular complexity index is 3120. The number of morpholine rings is 2. The largest absolute Gasteiger partial charge is 0.493 e. The van der Waals surface area contributed by atoms with Gasteiger partial charge in [0.25, 0.3) is 17.8 Å². The molecule has 3 aromatic heterocycles. The fraction of sp³-hybridized carbons (Fsp3) is 0.308. The Kier molecular flexibility index (Phi) is 13.5. The van der Waals surface area contributed by atoms with Crippen molar-refractivity contribution in [1.29, 1.82) is 5.41 Å². The molecular formula is C52H50F2N10O7. The predicted octanol–water partition coefficient (Wildman–Crippen LogP) is 7.03. The Balaban J connectivity index is 0.833. The van der Waals surface area contributed by atoms with Gasteiger partial charge in [-0.1, -0.05) is 18.2 Å². The van der Waals surface area contributed by atoms with E-state index in [0.717, 1.165) is 18.4 Å². The molecular weight excluding hydrogens is 915 g/mol. The third kappa shape index (κ3) is 10.2. The third-order valence-corrected chi connectivity index (χ3v) is 12.8. The summed E-state index contributed by atoms with van der Waals surface area (Å²) in [5.41, 5.74) is 4.52. The summed E-state index contributed by atoms with van der Waals surface area (Å²) in [5.74, 6) is -0.343. The molecule has 3 aliphatic rings. The molecule has 4 N–H and O–H groups in total. The minimum absolute atomic E-state index is 0.0278. The number of carbonyl (C=O) groups is 2. The van der Waals surface area contributed by atoms with Crippen molar-refractivity contribution in [3.05, 3.63) is 137 Å². The van der Waals surface area contributed by atoms with Crippen LogP contribution in [-0.4, -0.2) is 133 Å². The molecule has 5 heterocycles. The van der Waals surface area contributed by atoms with Crippen LogP contribution in [0.2, 0.25) is 0 Å². The predicted molar refractivity (Wildman–Crippen MR) is 258 cm³/mol. The number of hydrogen-bond acceptors (Lipinski definition) is 14. The van der Waals surface area contributed by atoms with Crippen LogP contribution in [0.4, 0.5) is 20.4 Å². The van der Waals surface area contributed by atoms with E-state index >= 15 is 4.39 Å². The van der Waals surface area contributed by atoms with Crippen molar-refractivity contribution < 1.29 is 42.8 Å². The van der Waals surface area contributed by atoms with Gasteiger partial charge in [0.15, 0.2) is 0 Å². The van der Waals surface area contributed by atoms with E-state index in [4.69, 9.17) is 19.6 Å². The molecule has 19 heteroatoms. The number of halogens is 2. The monoisotopic (exact) mass is 964 g/mol. The summed E-state index contributed by atoms with van der Waals surface area (Å²) >= 11 is 0. The topological polar surface area (TPSA) is 214 Å². The first-order valence-corrected chi connectivity index (χ1v) is 23.5. The number of ether oxygens (including phenoxy) is 3. The molecule has 7 aromatic rings. The van der Waals surface area contributed by atoms with E-state index in [1.807, 2.05) is 12.1 Å². The zero-order chi connectivity index (χ0) is 49.2. The average Bonchev–Trinajstić information content (AvgIpc) is 4.19. The molecule has 0 spiro atoms. The number of nitrogens with one attached hydrogen (secondary N) is 2. The van der Waals surface area contributed by atoms with Crippen LogP contribution in [0.1, 0.15) is 75.7 Å². The smallest absolute Gasteiger partial charge is 0.254 e. The first-order valence-electron chi connectivity index (χ1n) is 23.5. The standard InChI is InChI=1S/C52H50F2N10O7/c1-30(65)48-39-9-5-34(50(68)63-15-20-70-21-16-63)24-45(39)64(61-48)52-58-28-36(29-59-52)41-25-37(7-11-43(41)54)71-17-12-46(66)47(55)38-8-4-33(49(67)62-13-18-69-19-14-62)23-44(38)60-51-56-26-35(27-57-51)40-22-32(31-2-3-31)6-10-42(40)53/h4-11,22-31,46,55,65-66H,2-3,12-21H2,1H3,(H,56,57,60). The number of rotatable bonds is 15. The molecule has 2 unspecified atom stereocenters. The number of anilines is 2. The van der Waals surface area contributed by atoms with Crippen molar-refractivity contribution in [2.45, 2.75) is 44.3 Å². The van der Waals surface area contributed by atoms with E-state index in [9.17, 15) is 24.2 Å². The van der Waals surface area contributed by atoms with Gasteiger partial charge in [0, 0.05) is 102 Å². The Morgan fingerprint density at radius 3 is 2.00 bits per heavy atom. The van der Waals surface area contributed by atoms with Gasteiger partial charge in [-0.2, -0.15) is 9.78 Å². The molecule has 1 saturated carbocycles. The summed E-state index contributed by atoms with van der Waals surface area (Å²) in [5, 5.41) is 39.3. The van der Waals surface area contributed by atoms with Crippen LogP contribution < -0.4 is 10.1 Å². The number of aromatic nitrogens is 6.